The molecule has 139 heavy (non-hydrogen) atoms. The second kappa shape index (κ2) is 65.7. The summed E-state index contributed by atoms with van der Waals surface area (Å²) in [7, 11) is 3.45. The van der Waals surface area contributed by atoms with Crippen LogP contribution in [-0.4, -0.2) is 273 Å². The number of carboxylic acids is 5. The number of thioether (sulfide) groups is 6. The molecule has 0 amide bonds. The molecular weight excluding hydrogens is 2070 g/mol. The van der Waals surface area contributed by atoms with E-state index in [0.29, 0.717) is 77.8 Å². The van der Waals surface area contributed by atoms with E-state index in [-0.39, 0.29) is 138 Å². The van der Waals surface area contributed by atoms with Gasteiger partial charge >= 0.3 is 35.5 Å². The Labute approximate surface area is 850 Å². The zero-order chi connectivity index (χ0) is 105. The summed E-state index contributed by atoms with van der Waals surface area (Å²) in [5, 5.41) is 198. The van der Waals surface area contributed by atoms with Crippen molar-refractivity contribution in [2.24, 2.45) is 23.7 Å². The summed E-state index contributed by atoms with van der Waals surface area (Å²) in [6.07, 6.45) is -4.23. The van der Waals surface area contributed by atoms with E-state index in [2.05, 4.69) is 55.3 Å². The maximum absolute atomic E-state index is 11.2. The number of thiol groups is 4. The number of benzene rings is 7. The van der Waals surface area contributed by atoms with Gasteiger partial charge in [-0.3, -0.25) is 75.6 Å². The molecule has 1 heterocycles. The first-order chi connectivity index (χ1) is 65.4. The van der Waals surface area contributed by atoms with Crippen LogP contribution < -0.4 is 14.2 Å². The van der Waals surface area contributed by atoms with Crippen molar-refractivity contribution in [2.75, 3.05) is 75.3 Å². The lowest BCUT2D eigenvalue weighted by Crippen LogP contribution is -2.33. The minimum atomic E-state index is -1.34. The molecule has 0 aromatic heterocycles. The zero-order valence-corrected chi connectivity index (χ0v) is 85.2. The number of hydrogen-bond donors (Lipinski definition) is 17. The smallest absolute Gasteiger partial charge is 0.339 e. The van der Waals surface area contributed by atoms with Gasteiger partial charge in [-0.05, 0) is 97.9 Å². The third kappa shape index (κ3) is 43.6. The zero-order valence-electron chi connectivity index (χ0n) is 75.1. The van der Waals surface area contributed by atoms with E-state index in [1.807, 2.05) is 34.0 Å². The molecule has 7 aromatic rings. The van der Waals surface area contributed by atoms with E-state index >= 15 is 0 Å². The Hall–Kier alpha value is -9.36. The highest BCUT2D eigenvalue weighted by molar-refractivity contribution is 8.76. The number of ether oxygens (including phenoxy) is 3. The first-order valence-corrected chi connectivity index (χ1v) is 52.1. The number of aliphatic hydroxyl groups is 8. The van der Waals surface area contributed by atoms with Gasteiger partial charge in [0.1, 0.15) is 34.8 Å². The fourth-order valence-electron chi connectivity index (χ4n) is 10.7. The Balaban J connectivity index is 0.000000549. The molecule has 1 aliphatic rings. The van der Waals surface area contributed by atoms with E-state index in [1.165, 1.54) is 114 Å². The van der Waals surface area contributed by atoms with Crippen LogP contribution in [0.4, 0.5) is 39.8 Å². The summed E-state index contributed by atoms with van der Waals surface area (Å²) in [6.45, 7) is 13.0. The van der Waals surface area contributed by atoms with Crippen molar-refractivity contribution in [1.82, 2.24) is 0 Å². The first kappa shape index (κ1) is 126. The van der Waals surface area contributed by atoms with E-state index in [0.717, 1.165) is 65.2 Å². The third-order valence-corrected chi connectivity index (χ3v) is 30.4. The fourth-order valence-corrected chi connectivity index (χ4v) is 21.0. The van der Waals surface area contributed by atoms with Crippen LogP contribution in [0.15, 0.2) is 152 Å². The van der Waals surface area contributed by atoms with Crippen LogP contribution >= 0.6 is 143 Å². The number of carbonyl (C=O) groups excluding carboxylic acids is 1. The van der Waals surface area contributed by atoms with Gasteiger partial charge in [0.15, 0.2) is 0 Å². The van der Waals surface area contributed by atoms with Crippen molar-refractivity contribution in [3.63, 3.8) is 0 Å². The molecular formula is C84H105N7O36S12. The lowest BCUT2D eigenvalue weighted by atomic mass is 10.1. The molecule has 8 rings (SSSR count). The van der Waals surface area contributed by atoms with Crippen LogP contribution in [0, 0.1) is 101 Å². The average Bonchev–Trinajstić information content (AvgIpc) is 0.845. The third-order valence-electron chi connectivity index (χ3n) is 19.1. The maximum Gasteiger partial charge on any atom is 0.339 e. The number of aryl methyl sites for hydroxylation is 1. The highest BCUT2D eigenvalue weighted by Gasteiger charge is 2.31. The van der Waals surface area contributed by atoms with Crippen molar-refractivity contribution in [3.8, 4) is 17.2 Å². The molecule has 43 nitrogen and oxygen atoms in total. The van der Waals surface area contributed by atoms with E-state index in [1.54, 1.807) is 78.4 Å². The number of aromatic carboxylic acids is 5. The lowest BCUT2D eigenvalue weighted by Gasteiger charge is -2.28. The van der Waals surface area contributed by atoms with E-state index in [9.17, 15) is 140 Å². The summed E-state index contributed by atoms with van der Waals surface area (Å²) < 4.78 is 15.8. The van der Waals surface area contributed by atoms with Crippen LogP contribution in [0.5, 0.6) is 17.2 Å². The van der Waals surface area contributed by atoms with Gasteiger partial charge in [0.2, 0.25) is 5.75 Å². The average molecular weight is 2170 g/mol. The van der Waals surface area contributed by atoms with Gasteiger partial charge < -0.3 is 80.6 Å². The van der Waals surface area contributed by atoms with Crippen LogP contribution in [-0.2, 0) is 4.79 Å². The second-order valence-corrected chi connectivity index (χ2v) is 39.6. The Kier molecular flexibility index (Phi) is 59.4. The molecule has 13 N–H and O–H groups in total. The Morgan fingerprint density at radius 1 is 0.424 bits per heavy atom. The van der Waals surface area contributed by atoms with Gasteiger partial charge in [0, 0.05) is 145 Å². The van der Waals surface area contributed by atoms with Crippen LogP contribution in [0.25, 0.3) is 0 Å². The topological polar surface area (TPSA) is 695 Å². The second-order valence-electron chi connectivity index (χ2n) is 29.4. The minimum Gasteiger partial charge on any atom is -0.488 e. The standard InChI is InChI=1S/C13H17NO5S2.2C12H15NO6S.C12H13NO5S2.2C12H15NO5S2.C11H15NO4S2/c1-8(11(15)7-20-2)6-21-12-4-3-9(14(18)19)5-10(12)13(16)17;1-2-9(14)10(15)6-20-11-4-3-7(13(18)19)5-8(11)12(16)17;1-2-9(14)11(6-20)19-10-4-3-7(13(17)18)5-8(10)12(15)16;1-7-5-19-20-6-11(7)18-10-3-2-8(13(16)17)4-9(10)12(14)15;1-7(10(14)5-19)6-20-11-3-2-8(12(15)16)4-9(11)13(17)18;1-8(9(15)5-19)6-20-11-4-2-3-10(18-7-14)12(11)13(16)17;1-7-3-2-4-8(12(15)16)11(7)18-6-10(14)9(13)5-17/h3-5,8,11,15H,6-7H2,1-2H3,(H,16,17);3-5,9-10,14-15H,2,6H2,1H3,(H,16,17);3-5,9,11,14,20H,2,6H2,1H3,(H,15,16);2-4,7,11H,5-6H2,1H3,(H,14,15);2-4,7,10,14,19H,5-6H2,1H3,(H,15,16);2-4,7-9,15,19H,5-6H2,1H3;2-4,9-10,13-14,17H,5-6H2,1H3. The molecule has 764 valence electrons. The van der Waals surface area contributed by atoms with Crippen molar-refractivity contribution in [3.05, 3.63) is 232 Å². The molecule has 0 spiro atoms. The van der Waals surface area contributed by atoms with Gasteiger partial charge in [-0.25, -0.2) is 24.0 Å². The highest BCUT2D eigenvalue weighted by atomic mass is 33.1. The SMILES string of the molecule is CC(CSc1ccc(C(=O)O)cc1[N+](=O)[O-])C(O)CS.CC(CSc1cccc(OC=O)c1[N+](=O)[O-])C(O)CS.CC1CSSCC1Oc1ccc([N+](=O)[O-])cc1C(=O)O.CCC(O)C(CS)Oc1ccc([N+](=O)[O-])cc1C(=O)O.CCC(O)C(O)CSc1ccc([N+](=O)[O-])cc1C(=O)O.CSCC(O)C(C)CSc1ccc([N+](=O)[O-])cc1C(=O)O.Cc1cccc([N+](=O)[O-])c1SCC(O)C(O)CS. The van der Waals surface area contributed by atoms with Crippen LogP contribution in [0.2, 0.25) is 0 Å². The fraction of sp³-hybridized carbons (Fsp3) is 0.429. The number of rotatable bonds is 47. The summed E-state index contributed by atoms with van der Waals surface area (Å²) in [5.41, 5.74) is -1.71. The van der Waals surface area contributed by atoms with Crippen molar-refractivity contribution < 1.29 is 144 Å². The number of carboxylic acid groups (broad SMARTS) is 5. The number of carbonyl (C=O) groups is 6. The predicted octanol–water partition coefficient (Wildman–Crippen LogP) is 15.2. The number of nitro benzene ring substituents is 7. The molecule has 0 radical (unpaired) electrons. The first-order valence-electron chi connectivity index (χ1n) is 40.8. The van der Waals surface area contributed by atoms with Crippen molar-refractivity contribution in [1.29, 1.82) is 0 Å². The van der Waals surface area contributed by atoms with Gasteiger partial charge in [-0.1, -0.05) is 81.3 Å². The van der Waals surface area contributed by atoms with Gasteiger partial charge in [-0.2, -0.15) is 62.3 Å². The molecule has 1 fully saturated rings. The Morgan fingerprint density at radius 3 is 1.26 bits per heavy atom. The molecule has 0 bridgehead atoms. The number of para-hydroxylation sites is 1. The number of hydrogen-bond acceptors (Lipinski definition) is 43. The number of aliphatic hydroxyl groups excluding tert-OH is 8. The van der Waals surface area contributed by atoms with Crippen LogP contribution in [0.1, 0.15) is 112 Å². The summed E-state index contributed by atoms with van der Waals surface area (Å²) >= 11 is 23.4. The molecule has 14 unspecified atom stereocenters. The minimum absolute atomic E-state index is 0.000660. The monoisotopic (exact) mass is 2170 g/mol. The molecule has 0 saturated carbocycles. The normalized spacial score (nSPS) is 15.0. The van der Waals surface area contributed by atoms with Crippen molar-refractivity contribution in [2.45, 2.75) is 147 Å². The number of non-ortho nitro benzene ring substituents is 4. The molecule has 55 heteroatoms. The summed E-state index contributed by atoms with van der Waals surface area (Å²) in [6, 6.07) is 27.4. The summed E-state index contributed by atoms with van der Waals surface area (Å²) in [4.78, 5) is 139. The number of nitrogens with zero attached hydrogens (tertiary/aromatic N) is 7. The molecule has 1 aliphatic heterocycles. The predicted molar refractivity (Wildman–Crippen MR) is 544 cm³/mol. The summed E-state index contributed by atoms with van der Waals surface area (Å²) in [5.74, 6) is -0.892. The van der Waals surface area contributed by atoms with Crippen molar-refractivity contribution >= 4 is 219 Å². The Bertz CT molecular complexity index is 5090. The van der Waals surface area contributed by atoms with Gasteiger partial charge in [-0.15, -0.1) is 58.8 Å². The largest absolute Gasteiger partial charge is 0.488 e. The maximum atomic E-state index is 11.2. The highest BCUT2D eigenvalue weighted by Crippen LogP contribution is 2.41. The van der Waals surface area contributed by atoms with E-state index < -0.39 is 119 Å². The number of nitro groups is 7. The molecule has 7 aromatic carbocycles. The quantitative estimate of drug-likeness (QED) is 0.00421. The lowest BCUT2D eigenvalue weighted by molar-refractivity contribution is -0.388. The van der Waals surface area contributed by atoms with E-state index in [4.69, 9.17) is 35.0 Å². The molecule has 1 saturated heterocycles. The van der Waals surface area contributed by atoms with Gasteiger partial charge in [0.25, 0.3) is 40.6 Å². The van der Waals surface area contributed by atoms with Crippen LogP contribution in [0.3, 0.4) is 0 Å². The van der Waals surface area contributed by atoms with Gasteiger partial charge in [0.05, 0.1) is 115 Å². The molecule has 14 atom stereocenters. The molecule has 0 aliphatic carbocycles. The Morgan fingerprint density at radius 2 is 0.835 bits per heavy atom.